The number of piperidine rings is 1. The molecule has 1 heterocycles. The van der Waals surface area contributed by atoms with Crippen LogP contribution in [0.25, 0.3) is 0 Å². The van der Waals surface area contributed by atoms with Crippen LogP contribution in [0.4, 0.5) is 4.39 Å². The first kappa shape index (κ1) is 14.5. The number of nitrogens with one attached hydrogen (secondary N) is 1. The summed E-state index contributed by atoms with van der Waals surface area (Å²) >= 11 is 3.48. The molecule has 3 rings (SSSR count). The van der Waals surface area contributed by atoms with Gasteiger partial charge >= 0.3 is 0 Å². The van der Waals surface area contributed by atoms with Crippen LogP contribution in [0.3, 0.4) is 0 Å². The maximum Gasteiger partial charge on any atom is 0.124 e. The molecule has 1 saturated carbocycles. The first-order valence-corrected chi connectivity index (χ1v) is 8.43. The normalized spacial score (nSPS) is 24.0. The number of halogens is 2. The van der Waals surface area contributed by atoms with Crippen LogP contribution in [0.1, 0.15) is 37.7 Å². The molecule has 1 aliphatic heterocycles. The molecule has 1 atom stereocenters. The van der Waals surface area contributed by atoms with Crippen LogP contribution >= 0.6 is 15.9 Å². The van der Waals surface area contributed by atoms with Gasteiger partial charge in [0.2, 0.25) is 0 Å². The molecule has 1 N–H and O–H groups in total. The monoisotopic (exact) mass is 340 g/mol. The van der Waals surface area contributed by atoms with E-state index in [1.807, 2.05) is 6.07 Å². The molecule has 1 aromatic carbocycles. The van der Waals surface area contributed by atoms with E-state index in [9.17, 15) is 4.39 Å². The van der Waals surface area contributed by atoms with Crippen LogP contribution in [0.2, 0.25) is 0 Å². The molecule has 1 saturated heterocycles. The summed E-state index contributed by atoms with van der Waals surface area (Å²) in [5.74, 6) is -0.175. The zero-order chi connectivity index (χ0) is 13.9. The summed E-state index contributed by atoms with van der Waals surface area (Å²) in [7, 11) is 0. The van der Waals surface area contributed by atoms with Crippen molar-refractivity contribution in [3.8, 4) is 0 Å². The molecule has 0 aromatic heterocycles. The van der Waals surface area contributed by atoms with E-state index in [0.29, 0.717) is 6.04 Å². The number of hydrogen-bond acceptors (Lipinski definition) is 2. The maximum absolute atomic E-state index is 13.2. The molecule has 110 valence electrons. The van der Waals surface area contributed by atoms with E-state index in [2.05, 4.69) is 26.1 Å². The third-order valence-electron chi connectivity index (χ3n) is 4.36. The molecule has 2 aliphatic rings. The van der Waals surface area contributed by atoms with Crippen molar-refractivity contribution in [1.82, 2.24) is 10.2 Å². The second kappa shape index (κ2) is 6.54. The van der Waals surface area contributed by atoms with E-state index < -0.39 is 0 Å². The van der Waals surface area contributed by atoms with Crippen molar-refractivity contribution in [1.29, 1.82) is 0 Å². The number of benzene rings is 1. The molecule has 0 spiro atoms. The van der Waals surface area contributed by atoms with Crippen LogP contribution in [-0.4, -0.2) is 30.1 Å². The van der Waals surface area contributed by atoms with Gasteiger partial charge in [-0.2, -0.15) is 0 Å². The van der Waals surface area contributed by atoms with Crippen molar-refractivity contribution in [2.75, 3.05) is 13.1 Å². The lowest BCUT2D eigenvalue weighted by Crippen LogP contribution is -2.45. The van der Waals surface area contributed by atoms with Gasteiger partial charge in [0.1, 0.15) is 5.82 Å². The molecule has 1 unspecified atom stereocenters. The summed E-state index contributed by atoms with van der Waals surface area (Å²) in [4.78, 5) is 2.55. The summed E-state index contributed by atoms with van der Waals surface area (Å²) in [5, 5.41) is 3.65. The molecular formula is C16H22BrFN2. The smallest absolute Gasteiger partial charge is 0.124 e. The Hall–Kier alpha value is -0.450. The molecule has 2 fully saturated rings. The zero-order valence-electron chi connectivity index (χ0n) is 11.7. The number of likely N-dealkylation sites (tertiary alicyclic amines) is 1. The van der Waals surface area contributed by atoms with Gasteiger partial charge in [0.05, 0.1) is 0 Å². The lowest BCUT2D eigenvalue weighted by molar-refractivity contribution is 0.137. The summed E-state index contributed by atoms with van der Waals surface area (Å²) in [6.45, 7) is 3.17. The van der Waals surface area contributed by atoms with Crippen LogP contribution in [0.5, 0.6) is 0 Å². The van der Waals surface area contributed by atoms with E-state index in [-0.39, 0.29) is 5.82 Å². The van der Waals surface area contributed by atoms with Crippen LogP contribution in [-0.2, 0) is 6.54 Å². The molecular weight excluding hydrogens is 319 g/mol. The summed E-state index contributed by atoms with van der Waals surface area (Å²) < 4.78 is 14.1. The Balaban J connectivity index is 1.62. The van der Waals surface area contributed by atoms with Gasteiger partial charge in [0.15, 0.2) is 0 Å². The third-order valence-corrected chi connectivity index (χ3v) is 5.10. The number of rotatable bonds is 5. The Morgan fingerprint density at radius 1 is 1.25 bits per heavy atom. The predicted molar refractivity (Wildman–Crippen MR) is 83.2 cm³/mol. The first-order chi connectivity index (χ1) is 9.72. The highest BCUT2D eigenvalue weighted by molar-refractivity contribution is 9.10. The highest BCUT2D eigenvalue weighted by Crippen LogP contribution is 2.25. The van der Waals surface area contributed by atoms with Gasteiger partial charge in [-0.25, -0.2) is 4.39 Å². The quantitative estimate of drug-likeness (QED) is 0.879. The fourth-order valence-electron chi connectivity index (χ4n) is 2.96. The number of hydrogen-bond donors (Lipinski definition) is 1. The average Bonchev–Trinajstić information content (AvgIpc) is 3.25. The Bertz CT molecular complexity index is 462. The van der Waals surface area contributed by atoms with Crippen LogP contribution in [0.15, 0.2) is 22.7 Å². The van der Waals surface area contributed by atoms with Gasteiger partial charge in [0, 0.05) is 29.6 Å². The summed E-state index contributed by atoms with van der Waals surface area (Å²) in [6, 6.07) is 6.43. The highest BCUT2D eigenvalue weighted by Gasteiger charge is 2.26. The minimum Gasteiger partial charge on any atom is -0.312 e. The van der Waals surface area contributed by atoms with E-state index in [0.717, 1.165) is 30.1 Å². The van der Waals surface area contributed by atoms with Gasteiger partial charge in [0.25, 0.3) is 0 Å². The molecule has 0 amide bonds. The van der Waals surface area contributed by atoms with Gasteiger partial charge in [-0.3, -0.25) is 4.90 Å². The van der Waals surface area contributed by atoms with E-state index in [4.69, 9.17) is 0 Å². The SMILES string of the molecule is Fc1ccc(CN2CCCCC2CNC2CC2)c(Br)c1. The first-order valence-electron chi connectivity index (χ1n) is 7.64. The minimum absolute atomic E-state index is 0.175. The second-order valence-corrected chi connectivity index (χ2v) is 6.89. The predicted octanol–water partition coefficient (Wildman–Crippen LogP) is 3.69. The fourth-order valence-corrected chi connectivity index (χ4v) is 3.43. The fraction of sp³-hybridized carbons (Fsp3) is 0.625. The van der Waals surface area contributed by atoms with Crippen molar-refractivity contribution in [2.24, 2.45) is 0 Å². The third kappa shape index (κ3) is 3.80. The van der Waals surface area contributed by atoms with Gasteiger partial charge in [-0.1, -0.05) is 28.4 Å². The van der Waals surface area contributed by atoms with E-state index in [1.54, 1.807) is 12.1 Å². The van der Waals surface area contributed by atoms with Crippen molar-refractivity contribution < 1.29 is 4.39 Å². The molecule has 0 bridgehead atoms. The summed E-state index contributed by atoms with van der Waals surface area (Å²) in [6.07, 6.45) is 6.57. The lowest BCUT2D eigenvalue weighted by Gasteiger charge is -2.36. The van der Waals surface area contributed by atoms with Crippen molar-refractivity contribution in [3.63, 3.8) is 0 Å². The maximum atomic E-state index is 13.2. The van der Waals surface area contributed by atoms with Crippen LogP contribution < -0.4 is 5.32 Å². The highest BCUT2D eigenvalue weighted by atomic mass is 79.9. The van der Waals surface area contributed by atoms with Gasteiger partial charge in [-0.05, 0) is 49.9 Å². The zero-order valence-corrected chi connectivity index (χ0v) is 13.3. The molecule has 4 heteroatoms. The average molecular weight is 341 g/mol. The Labute approximate surface area is 128 Å². The van der Waals surface area contributed by atoms with E-state index in [1.165, 1.54) is 37.7 Å². The molecule has 2 nitrogen and oxygen atoms in total. The van der Waals surface area contributed by atoms with Crippen LogP contribution in [0, 0.1) is 5.82 Å². The molecule has 1 aromatic rings. The largest absolute Gasteiger partial charge is 0.312 e. The molecule has 0 radical (unpaired) electrons. The Morgan fingerprint density at radius 3 is 2.85 bits per heavy atom. The van der Waals surface area contributed by atoms with Gasteiger partial charge in [-0.15, -0.1) is 0 Å². The molecule has 20 heavy (non-hydrogen) atoms. The topological polar surface area (TPSA) is 15.3 Å². The van der Waals surface area contributed by atoms with E-state index >= 15 is 0 Å². The summed E-state index contributed by atoms with van der Waals surface area (Å²) in [5.41, 5.74) is 1.18. The second-order valence-electron chi connectivity index (χ2n) is 6.04. The van der Waals surface area contributed by atoms with Gasteiger partial charge < -0.3 is 5.32 Å². The Morgan fingerprint density at radius 2 is 2.10 bits per heavy atom. The van der Waals surface area contributed by atoms with Crippen molar-refractivity contribution in [2.45, 2.75) is 50.7 Å². The number of nitrogens with zero attached hydrogens (tertiary/aromatic N) is 1. The Kier molecular flexibility index (Phi) is 4.74. The minimum atomic E-state index is -0.175. The van der Waals surface area contributed by atoms with Crippen molar-refractivity contribution in [3.05, 3.63) is 34.1 Å². The molecule has 1 aliphatic carbocycles. The lowest BCUT2D eigenvalue weighted by atomic mass is 10.0. The standard InChI is InChI=1S/C16H22BrFN2/c17-16-9-13(18)5-4-12(16)11-20-8-2-1-3-15(20)10-19-14-6-7-14/h4-5,9,14-15,19H,1-3,6-8,10-11H2. The van der Waals surface area contributed by atoms with Crippen molar-refractivity contribution >= 4 is 15.9 Å².